The van der Waals surface area contributed by atoms with E-state index in [4.69, 9.17) is 5.11 Å². The summed E-state index contributed by atoms with van der Waals surface area (Å²) >= 11 is 2.31. The predicted octanol–water partition coefficient (Wildman–Crippen LogP) is 3.98. The van der Waals surface area contributed by atoms with Gasteiger partial charge in [-0.05, 0) is 31.2 Å². The second kappa shape index (κ2) is 8.49. The van der Waals surface area contributed by atoms with Crippen LogP contribution in [0.5, 0.6) is 0 Å². The Hall–Kier alpha value is -2.46. The number of carboxylic acid groups (broad SMARTS) is 1. The van der Waals surface area contributed by atoms with Crippen LogP contribution in [0.4, 0.5) is 15.7 Å². The van der Waals surface area contributed by atoms with E-state index in [1.165, 1.54) is 18.0 Å². The monoisotopic (exact) mass is 406 g/mol. The summed E-state index contributed by atoms with van der Waals surface area (Å²) in [4.78, 5) is 44.2. The van der Waals surface area contributed by atoms with Crippen LogP contribution in [0.25, 0.3) is 0 Å². The molecule has 2 heterocycles. The zero-order valence-corrected chi connectivity index (χ0v) is 16.2. The van der Waals surface area contributed by atoms with Crippen LogP contribution in [0.3, 0.4) is 0 Å². The molecule has 3 N–H and O–H groups in total. The molecule has 0 bridgehead atoms. The Morgan fingerprint density at radius 3 is 2.63 bits per heavy atom. The van der Waals surface area contributed by atoms with E-state index >= 15 is 0 Å². The molecule has 0 radical (unpaired) electrons. The van der Waals surface area contributed by atoms with Crippen molar-refractivity contribution in [1.29, 1.82) is 0 Å². The van der Waals surface area contributed by atoms with Gasteiger partial charge in [0.2, 0.25) is 0 Å². The summed E-state index contributed by atoms with van der Waals surface area (Å²) in [6, 6.07) is 2.68. The number of hydrogen-bond donors (Lipinski definition) is 3. The number of anilines is 2. The first kappa shape index (κ1) is 19.3. The molecule has 0 aromatic carbocycles. The summed E-state index contributed by atoms with van der Waals surface area (Å²) in [5.74, 6) is -1.01. The molecule has 1 aliphatic rings. The molecule has 10 heteroatoms. The number of thiazole rings is 1. The highest BCUT2D eigenvalue weighted by molar-refractivity contribution is 8.00. The number of aromatic nitrogens is 2. The van der Waals surface area contributed by atoms with Crippen molar-refractivity contribution >= 4 is 51.8 Å². The number of carbonyl (C=O) groups is 3. The van der Waals surface area contributed by atoms with Gasteiger partial charge in [0.05, 0.1) is 9.77 Å². The van der Waals surface area contributed by atoms with Crippen molar-refractivity contribution < 1.29 is 19.5 Å². The maximum Gasteiger partial charge on any atom is 0.356 e. The molecule has 1 fully saturated rings. The van der Waals surface area contributed by atoms with Crippen LogP contribution in [0.1, 0.15) is 46.5 Å². The first-order valence-electron chi connectivity index (χ1n) is 8.35. The van der Waals surface area contributed by atoms with E-state index in [1.807, 2.05) is 0 Å². The molecular formula is C17H18N4O4S2. The normalized spacial score (nSPS) is 14.1. The summed E-state index contributed by atoms with van der Waals surface area (Å²) in [6.07, 6.45) is 7.01. The molecule has 1 saturated carbocycles. The lowest BCUT2D eigenvalue weighted by molar-refractivity contribution is 0.0687. The quantitative estimate of drug-likeness (QED) is 0.490. The van der Waals surface area contributed by atoms with E-state index in [0.717, 1.165) is 37.0 Å². The zero-order chi connectivity index (χ0) is 19.4. The molecule has 0 spiro atoms. The largest absolute Gasteiger partial charge is 0.476 e. The fourth-order valence-corrected chi connectivity index (χ4v) is 4.56. The van der Waals surface area contributed by atoms with Crippen LogP contribution in [-0.4, -0.2) is 39.1 Å². The summed E-state index contributed by atoms with van der Waals surface area (Å²) in [6.45, 7) is 0. The fraction of sp³-hybridized carbons (Fsp3) is 0.353. The van der Waals surface area contributed by atoms with E-state index in [9.17, 15) is 14.4 Å². The van der Waals surface area contributed by atoms with E-state index in [0.29, 0.717) is 9.77 Å². The van der Waals surface area contributed by atoms with Crippen molar-refractivity contribution in [1.82, 2.24) is 9.97 Å². The summed E-state index contributed by atoms with van der Waals surface area (Å²) in [5.41, 5.74) is 0.285. The number of carboxylic acids is 1. The Morgan fingerprint density at radius 2 is 2.00 bits per heavy atom. The number of aromatic carboxylic acids is 1. The first-order chi connectivity index (χ1) is 13.0. The average Bonchev–Trinajstić information content (AvgIpc) is 3.31. The van der Waals surface area contributed by atoms with Gasteiger partial charge in [0.15, 0.2) is 16.6 Å². The predicted molar refractivity (Wildman–Crippen MR) is 104 cm³/mol. The number of amides is 2. The van der Waals surface area contributed by atoms with Gasteiger partial charge in [-0.2, -0.15) is 0 Å². The second-order valence-electron chi connectivity index (χ2n) is 5.99. The lowest BCUT2D eigenvalue weighted by Gasteiger charge is -2.12. The molecule has 0 aliphatic heterocycles. The van der Waals surface area contributed by atoms with Crippen molar-refractivity contribution in [3.63, 3.8) is 0 Å². The summed E-state index contributed by atoms with van der Waals surface area (Å²) in [5, 5.41) is 14.4. The smallest absolute Gasteiger partial charge is 0.356 e. The third-order valence-corrected chi connectivity index (χ3v) is 6.32. The van der Waals surface area contributed by atoms with Crippen molar-refractivity contribution in [3.05, 3.63) is 29.6 Å². The summed E-state index contributed by atoms with van der Waals surface area (Å²) < 4.78 is 0.493. The third kappa shape index (κ3) is 4.45. The number of urea groups is 1. The number of carbonyl (C=O) groups excluding carboxylic acids is 2. The van der Waals surface area contributed by atoms with Crippen molar-refractivity contribution in [2.45, 2.75) is 29.9 Å². The standard InChI is InChI=1S/C17H18N4O4S2/c1-26-15-11(14(23)24)19-17(27-15)21-16(25)20-13-10(7-4-8-18-13)12(22)9-5-2-3-6-9/h4,7-9H,2-3,5-6H2,1H3,(H,23,24)(H2,18,19,20,21,25). The van der Waals surface area contributed by atoms with E-state index in [2.05, 4.69) is 20.6 Å². The minimum atomic E-state index is -1.15. The highest BCUT2D eigenvalue weighted by Gasteiger charge is 2.26. The molecule has 0 atom stereocenters. The number of pyridine rings is 1. The van der Waals surface area contributed by atoms with Crippen LogP contribution in [0.2, 0.25) is 0 Å². The number of nitrogens with one attached hydrogen (secondary N) is 2. The molecule has 1 aliphatic carbocycles. The Morgan fingerprint density at radius 1 is 1.26 bits per heavy atom. The molecule has 2 aromatic heterocycles. The molecule has 2 aromatic rings. The third-order valence-electron chi connectivity index (χ3n) is 4.24. The molecule has 2 amide bonds. The van der Waals surface area contributed by atoms with Gasteiger partial charge in [0.1, 0.15) is 5.82 Å². The number of hydrogen-bond acceptors (Lipinski definition) is 7. The van der Waals surface area contributed by atoms with Gasteiger partial charge in [0, 0.05) is 12.1 Å². The molecule has 142 valence electrons. The van der Waals surface area contributed by atoms with Gasteiger partial charge >= 0.3 is 12.0 Å². The van der Waals surface area contributed by atoms with Crippen LogP contribution >= 0.6 is 23.1 Å². The molecule has 0 saturated heterocycles. The van der Waals surface area contributed by atoms with Crippen LogP contribution in [0, 0.1) is 5.92 Å². The number of thioether (sulfide) groups is 1. The van der Waals surface area contributed by atoms with Gasteiger partial charge < -0.3 is 5.11 Å². The van der Waals surface area contributed by atoms with Crippen molar-refractivity contribution in [3.8, 4) is 0 Å². The number of ketones is 1. The molecule has 8 nitrogen and oxygen atoms in total. The topological polar surface area (TPSA) is 121 Å². The second-order valence-corrected chi connectivity index (χ2v) is 8.06. The van der Waals surface area contributed by atoms with Crippen molar-refractivity contribution in [2.75, 3.05) is 16.9 Å². The number of Topliss-reactive ketones (excluding diaryl/α,β-unsaturated/α-hetero) is 1. The molecule has 3 rings (SSSR count). The SMILES string of the molecule is CSc1sc(NC(=O)Nc2ncccc2C(=O)C2CCCC2)nc1C(=O)O. The van der Waals surface area contributed by atoms with E-state index in [-0.39, 0.29) is 28.3 Å². The Kier molecular flexibility index (Phi) is 6.07. The van der Waals surface area contributed by atoms with E-state index in [1.54, 1.807) is 18.4 Å². The maximum absolute atomic E-state index is 12.7. The van der Waals surface area contributed by atoms with Crippen LogP contribution in [-0.2, 0) is 0 Å². The van der Waals surface area contributed by atoms with Gasteiger partial charge in [-0.25, -0.2) is 19.6 Å². The van der Waals surface area contributed by atoms with Gasteiger partial charge in [-0.3, -0.25) is 15.4 Å². The maximum atomic E-state index is 12.7. The number of nitrogens with zero attached hydrogens (tertiary/aromatic N) is 2. The van der Waals surface area contributed by atoms with Crippen LogP contribution < -0.4 is 10.6 Å². The number of rotatable bonds is 6. The van der Waals surface area contributed by atoms with E-state index < -0.39 is 12.0 Å². The molecule has 27 heavy (non-hydrogen) atoms. The highest BCUT2D eigenvalue weighted by Crippen LogP contribution is 2.32. The van der Waals surface area contributed by atoms with Crippen LogP contribution in [0.15, 0.2) is 22.5 Å². The van der Waals surface area contributed by atoms with Gasteiger partial charge in [-0.1, -0.05) is 24.2 Å². The first-order valence-corrected chi connectivity index (χ1v) is 10.4. The van der Waals surface area contributed by atoms with Gasteiger partial charge in [0.25, 0.3) is 0 Å². The van der Waals surface area contributed by atoms with Gasteiger partial charge in [-0.15, -0.1) is 11.8 Å². The lowest BCUT2D eigenvalue weighted by atomic mass is 9.97. The minimum Gasteiger partial charge on any atom is -0.476 e. The Labute approximate surface area is 163 Å². The fourth-order valence-electron chi connectivity index (χ4n) is 2.98. The average molecular weight is 406 g/mol. The molecule has 0 unspecified atom stereocenters. The highest BCUT2D eigenvalue weighted by atomic mass is 32.2. The molecular weight excluding hydrogens is 388 g/mol. The summed E-state index contributed by atoms with van der Waals surface area (Å²) in [7, 11) is 0. The zero-order valence-electron chi connectivity index (χ0n) is 14.5. The Bertz CT molecular complexity index is 878. The lowest BCUT2D eigenvalue weighted by Crippen LogP contribution is -2.23. The minimum absolute atomic E-state index is 0.0111. The Balaban J connectivity index is 1.73. The van der Waals surface area contributed by atoms with Crippen molar-refractivity contribution in [2.24, 2.45) is 5.92 Å².